The fourth-order valence-corrected chi connectivity index (χ4v) is 9.02. The SMILES string of the molecule is CCCCC/C=C\C=C/CCCCCCCCC(=O)OCC(COC(=O)CCCCCCCCCCCCCCCCCCCCC)OC(=O)CCCCCCCCC/C=C\CCCCCCCC. The first-order valence-corrected chi connectivity index (χ1v) is 30.5. The van der Waals surface area contributed by atoms with Crippen LogP contribution in [0.2, 0.25) is 0 Å². The average molecular weight is 970 g/mol. The van der Waals surface area contributed by atoms with Gasteiger partial charge in [0.1, 0.15) is 13.2 Å². The molecule has 0 aliphatic rings. The van der Waals surface area contributed by atoms with Gasteiger partial charge in [-0.3, -0.25) is 14.4 Å². The van der Waals surface area contributed by atoms with E-state index in [0.29, 0.717) is 19.3 Å². The zero-order valence-electron chi connectivity index (χ0n) is 46.3. The molecule has 0 aromatic heterocycles. The first kappa shape index (κ1) is 66.6. The molecule has 0 aromatic carbocycles. The van der Waals surface area contributed by atoms with Gasteiger partial charge < -0.3 is 14.2 Å². The van der Waals surface area contributed by atoms with Crippen molar-refractivity contribution in [3.05, 3.63) is 36.5 Å². The predicted octanol–water partition coefficient (Wildman–Crippen LogP) is 20.4. The largest absolute Gasteiger partial charge is 0.462 e. The molecule has 0 saturated heterocycles. The van der Waals surface area contributed by atoms with Crippen LogP contribution in [0.4, 0.5) is 0 Å². The average Bonchev–Trinajstić information content (AvgIpc) is 3.35. The summed E-state index contributed by atoms with van der Waals surface area (Å²) in [7, 11) is 0. The van der Waals surface area contributed by atoms with Crippen LogP contribution in [0.25, 0.3) is 0 Å². The molecule has 0 spiro atoms. The summed E-state index contributed by atoms with van der Waals surface area (Å²) >= 11 is 0. The van der Waals surface area contributed by atoms with Crippen molar-refractivity contribution in [1.82, 2.24) is 0 Å². The van der Waals surface area contributed by atoms with Gasteiger partial charge in [0.25, 0.3) is 0 Å². The minimum Gasteiger partial charge on any atom is -0.462 e. The Kier molecular flexibility index (Phi) is 56.2. The van der Waals surface area contributed by atoms with E-state index in [1.165, 1.54) is 225 Å². The van der Waals surface area contributed by atoms with Crippen LogP contribution in [0.1, 0.15) is 329 Å². The predicted molar refractivity (Wildman–Crippen MR) is 298 cm³/mol. The van der Waals surface area contributed by atoms with Crippen LogP contribution in [0.5, 0.6) is 0 Å². The summed E-state index contributed by atoms with van der Waals surface area (Å²) in [5.41, 5.74) is 0. The van der Waals surface area contributed by atoms with E-state index < -0.39 is 6.10 Å². The van der Waals surface area contributed by atoms with Crippen molar-refractivity contribution in [2.45, 2.75) is 335 Å². The second-order valence-corrected chi connectivity index (χ2v) is 20.6. The molecule has 0 amide bonds. The Labute approximate surface area is 429 Å². The Bertz CT molecular complexity index is 1160. The first-order chi connectivity index (χ1) is 34.0. The molecule has 6 heteroatoms. The number of hydrogen-bond donors (Lipinski definition) is 0. The maximum Gasteiger partial charge on any atom is 0.306 e. The molecule has 404 valence electrons. The molecule has 0 rings (SSSR count). The fourth-order valence-electron chi connectivity index (χ4n) is 9.02. The van der Waals surface area contributed by atoms with Crippen molar-refractivity contribution in [1.29, 1.82) is 0 Å². The molecule has 0 saturated carbocycles. The van der Waals surface area contributed by atoms with Gasteiger partial charge in [0.2, 0.25) is 0 Å². The van der Waals surface area contributed by atoms with Crippen molar-refractivity contribution < 1.29 is 28.6 Å². The van der Waals surface area contributed by atoms with Crippen molar-refractivity contribution in [2.75, 3.05) is 13.2 Å². The molecule has 1 atom stereocenters. The lowest BCUT2D eigenvalue weighted by Gasteiger charge is -2.18. The number of esters is 3. The van der Waals surface area contributed by atoms with Crippen molar-refractivity contribution >= 4 is 17.9 Å². The number of allylic oxidation sites excluding steroid dienone is 6. The van der Waals surface area contributed by atoms with Gasteiger partial charge in [-0.1, -0.05) is 276 Å². The number of carbonyl (C=O) groups is 3. The molecule has 0 aliphatic heterocycles. The minimum atomic E-state index is -0.777. The highest BCUT2D eigenvalue weighted by atomic mass is 16.6. The zero-order valence-corrected chi connectivity index (χ0v) is 46.3. The Balaban J connectivity index is 4.34. The van der Waals surface area contributed by atoms with E-state index in [1.807, 2.05) is 0 Å². The number of carbonyl (C=O) groups excluding carboxylic acids is 3. The normalized spacial score (nSPS) is 12.2. The monoisotopic (exact) mass is 969 g/mol. The van der Waals surface area contributed by atoms with Gasteiger partial charge in [0.05, 0.1) is 0 Å². The van der Waals surface area contributed by atoms with Crippen molar-refractivity contribution in [3.8, 4) is 0 Å². The third-order valence-corrected chi connectivity index (χ3v) is 13.6. The zero-order chi connectivity index (χ0) is 50.0. The molecule has 6 nitrogen and oxygen atoms in total. The Morgan fingerprint density at radius 3 is 0.841 bits per heavy atom. The highest BCUT2D eigenvalue weighted by Crippen LogP contribution is 2.17. The minimum absolute atomic E-state index is 0.0738. The van der Waals surface area contributed by atoms with Crippen LogP contribution in [0, 0.1) is 0 Å². The molecular weight excluding hydrogens is 853 g/mol. The molecule has 69 heavy (non-hydrogen) atoms. The molecule has 1 unspecified atom stereocenters. The van der Waals surface area contributed by atoms with Gasteiger partial charge in [-0.15, -0.1) is 0 Å². The second-order valence-electron chi connectivity index (χ2n) is 20.6. The summed E-state index contributed by atoms with van der Waals surface area (Å²) < 4.78 is 16.9. The lowest BCUT2D eigenvalue weighted by atomic mass is 10.0. The van der Waals surface area contributed by atoms with E-state index in [2.05, 4.69) is 57.2 Å². The van der Waals surface area contributed by atoms with E-state index in [9.17, 15) is 14.4 Å². The van der Waals surface area contributed by atoms with Crippen LogP contribution in [0.15, 0.2) is 36.5 Å². The molecular formula is C63H116O6. The molecule has 0 aromatic rings. The van der Waals surface area contributed by atoms with Gasteiger partial charge >= 0.3 is 17.9 Å². The lowest BCUT2D eigenvalue weighted by molar-refractivity contribution is -0.167. The Hall–Kier alpha value is -2.37. The third kappa shape index (κ3) is 56.4. The van der Waals surface area contributed by atoms with E-state index in [1.54, 1.807) is 0 Å². The summed E-state index contributed by atoms with van der Waals surface area (Å²) in [6, 6.07) is 0. The van der Waals surface area contributed by atoms with Crippen molar-refractivity contribution in [2.24, 2.45) is 0 Å². The topological polar surface area (TPSA) is 78.9 Å². The summed E-state index contributed by atoms with van der Waals surface area (Å²) in [4.78, 5) is 38.2. The van der Waals surface area contributed by atoms with Crippen LogP contribution >= 0.6 is 0 Å². The van der Waals surface area contributed by atoms with Gasteiger partial charge in [0.15, 0.2) is 6.10 Å². The maximum atomic E-state index is 12.9. The van der Waals surface area contributed by atoms with Crippen molar-refractivity contribution in [3.63, 3.8) is 0 Å². The highest BCUT2D eigenvalue weighted by molar-refractivity contribution is 5.71. The molecule has 0 N–H and O–H groups in total. The fraction of sp³-hybridized carbons (Fsp3) is 0.857. The van der Waals surface area contributed by atoms with Gasteiger partial charge in [-0.25, -0.2) is 0 Å². The molecule has 0 fully saturated rings. The molecule has 0 heterocycles. The molecule has 0 radical (unpaired) electrons. The number of rotatable bonds is 56. The molecule has 0 bridgehead atoms. The van der Waals surface area contributed by atoms with E-state index in [-0.39, 0.29) is 31.1 Å². The summed E-state index contributed by atoms with van der Waals surface area (Å²) in [5.74, 6) is -0.870. The number of unbranched alkanes of at least 4 members (excludes halogenated alkanes) is 40. The smallest absolute Gasteiger partial charge is 0.306 e. The van der Waals surface area contributed by atoms with E-state index in [4.69, 9.17) is 14.2 Å². The first-order valence-electron chi connectivity index (χ1n) is 30.5. The Morgan fingerprint density at radius 1 is 0.290 bits per heavy atom. The van der Waals surface area contributed by atoms with Gasteiger partial charge in [0, 0.05) is 19.3 Å². The quantitative estimate of drug-likeness (QED) is 0.0199. The maximum absolute atomic E-state index is 12.9. The van der Waals surface area contributed by atoms with Crippen LogP contribution < -0.4 is 0 Å². The van der Waals surface area contributed by atoms with Gasteiger partial charge in [-0.2, -0.15) is 0 Å². The molecule has 0 aliphatic carbocycles. The van der Waals surface area contributed by atoms with Crippen LogP contribution in [0.3, 0.4) is 0 Å². The number of ether oxygens (including phenoxy) is 3. The van der Waals surface area contributed by atoms with Gasteiger partial charge in [-0.05, 0) is 70.6 Å². The third-order valence-electron chi connectivity index (χ3n) is 13.6. The van der Waals surface area contributed by atoms with Crippen LogP contribution in [-0.2, 0) is 28.6 Å². The van der Waals surface area contributed by atoms with E-state index >= 15 is 0 Å². The highest BCUT2D eigenvalue weighted by Gasteiger charge is 2.19. The second kappa shape index (κ2) is 58.2. The van der Waals surface area contributed by atoms with E-state index in [0.717, 1.165) is 64.2 Å². The number of hydrogen-bond acceptors (Lipinski definition) is 6. The summed E-state index contributed by atoms with van der Waals surface area (Å²) in [5, 5.41) is 0. The standard InChI is InChI=1S/C63H116O6/c1-4-7-10-13-16-19-22-25-28-30-31-33-35-38-41-44-47-50-53-56-62(65)68-59-60(58-67-61(64)55-52-49-46-43-40-37-34-27-24-21-18-15-12-9-6-3)69-63(66)57-54-51-48-45-42-39-36-32-29-26-23-20-17-14-11-8-5-2/h18,21,24,26-27,29,60H,4-17,19-20,22-23,25,28,30-59H2,1-3H3/b21-18-,27-24-,29-26-. The Morgan fingerprint density at radius 2 is 0.522 bits per heavy atom. The van der Waals surface area contributed by atoms with Crippen LogP contribution in [-0.4, -0.2) is 37.2 Å². The summed E-state index contributed by atoms with van der Waals surface area (Å²) in [6.45, 7) is 6.65. The lowest BCUT2D eigenvalue weighted by Crippen LogP contribution is -2.30. The summed E-state index contributed by atoms with van der Waals surface area (Å²) in [6.07, 6.45) is 69.9.